The van der Waals surface area contributed by atoms with Crippen LogP contribution in [0.2, 0.25) is 0 Å². The van der Waals surface area contributed by atoms with Gasteiger partial charge < -0.3 is 20.4 Å². The molecule has 0 radical (unpaired) electrons. The van der Waals surface area contributed by atoms with Gasteiger partial charge in [-0.2, -0.15) is 0 Å². The maximum atomic E-state index is 12.5. The van der Waals surface area contributed by atoms with Gasteiger partial charge in [-0.3, -0.25) is 9.78 Å². The van der Waals surface area contributed by atoms with Gasteiger partial charge in [0, 0.05) is 62.8 Å². The molecule has 2 N–H and O–H groups in total. The van der Waals surface area contributed by atoms with Crippen LogP contribution in [0, 0.1) is 0 Å². The largest absolute Gasteiger partial charge is 0.378 e. The molecule has 28 heavy (non-hydrogen) atoms. The van der Waals surface area contributed by atoms with Crippen LogP contribution in [0.3, 0.4) is 0 Å². The van der Waals surface area contributed by atoms with Crippen molar-refractivity contribution in [2.24, 2.45) is 0 Å². The third kappa shape index (κ3) is 4.79. The van der Waals surface area contributed by atoms with Gasteiger partial charge in [-0.05, 0) is 60.7 Å². The molecule has 3 aromatic rings. The maximum Gasteiger partial charge on any atom is 0.274 e. The number of aromatic nitrogens is 1. The van der Waals surface area contributed by atoms with Gasteiger partial charge in [0.1, 0.15) is 5.69 Å². The van der Waals surface area contributed by atoms with E-state index in [4.69, 9.17) is 0 Å². The second-order valence-corrected chi connectivity index (χ2v) is 6.89. The number of pyridine rings is 1. The Morgan fingerprint density at radius 2 is 1.29 bits per heavy atom. The first kappa shape index (κ1) is 19.2. The van der Waals surface area contributed by atoms with Crippen LogP contribution in [0.15, 0.2) is 66.9 Å². The Kier molecular flexibility index (Phi) is 5.79. The van der Waals surface area contributed by atoms with Gasteiger partial charge in [-0.15, -0.1) is 0 Å². The van der Waals surface area contributed by atoms with Gasteiger partial charge in [0.05, 0.1) is 0 Å². The normalized spacial score (nSPS) is 10.3. The number of carbonyl (C=O) groups is 1. The van der Waals surface area contributed by atoms with Crippen LogP contribution < -0.4 is 20.4 Å². The lowest BCUT2D eigenvalue weighted by molar-refractivity contribution is 0.102. The second-order valence-electron chi connectivity index (χ2n) is 6.89. The van der Waals surface area contributed by atoms with E-state index < -0.39 is 0 Å². The summed E-state index contributed by atoms with van der Waals surface area (Å²) in [5.41, 5.74) is 5.04. The van der Waals surface area contributed by atoms with Gasteiger partial charge in [0.2, 0.25) is 0 Å². The summed E-state index contributed by atoms with van der Waals surface area (Å²) in [4.78, 5) is 20.8. The zero-order valence-electron chi connectivity index (χ0n) is 16.6. The minimum absolute atomic E-state index is 0.246. The quantitative estimate of drug-likeness (QED) is 0.676. The molecule has 0 unspecified atom stereocenters. The summed E-state index contributed by atoms with van der Waals surface area (Å²) in [6, 6.07) is 19.3. The first-order valence-corrected chi connectivity index (χ1v) is 9.01. The summed E-state index contributed by atoms with van der Waals surface area (Å²) in [6.45, 7) is 0. The van der Waals surface area contributed by atoms with Crippen LogP contribution in [-0.2, 0) is 0 Å². The summed E-state index contributed by atoms with van der Waals surface area (Å²) in [5.74, 6) is -0.246. The fraction of sp³-hybridized carbons (Fsp3) is 0.182. The molecule has 6 nitrogen and oxygen atoms in total. The zero-order valence-corrected chi connectivity index (χ0v) is 16.6. The summed E-state index contributed by atoms with van der Waals surface area (Å²) in [5, 5.41) is 6.19. The molecular weight excluding hydrogens is 350 g/mol. The number of nitrogens with one attached hydrogen (secondary N) is 2. The molecule has 0 aliphatic carbocycles. The van der Waals surface area contributed by atoms with Gasteiger partial charge in [-0.1, -0.05) is 0 Å². The predicted molar refractivity (Wildman–Crippen MR) is 117 cm³/mol. The molecule has 0 spiro atoms. The molecule has 1 amide bonds. The van der Waals surface area contributed by atoms with Crippen molar-refractivity contribution in [2.45, 2.75) is 0 Å². The molecule has 0 saturated carbocycles. The Bertz CT molecular complexity index is 934. The van der Waals surface area contributed by atoms with Gasteiger partial charge in [-0.25, -0.2) is 0 Å². The van der Waals surface area contributed by atoms with Crippen LogP contribution in [0.5, 0.6) is 0 Å². The first-order valence-electron chi connectivity index (χ1n) is 9.01. The number of hydrogen-bond donors (Lipinski definition) is 2. The van der Waals surface area contributed by atoms with Crippen molar-refractivity contribution < 1.29 is 4.79 Å². The highest BCUT2D eigenvalue weighted by atomic mass is 16.1. The Morgan fingerprint density at radius 1 is 0.750 bits per heavy atom. The van der Waals surface area contributed by atoms with Crippen LogP contribution in [0.4, 0.5) is 28.4 Å². The van der Waals surface area contributed by atoms with E-state index in [0.29, 0.717) is 5.69 Å². The number of rotatable bonds is 6. The zero-order chi connectivity index (χ0) is 20.1. The summed E-state index contributed by atoms with van der Waals surface area (Å²) in [6.07, 6.45) is 1.63. The lowest BCUT2D eigenvalue weighted by Crippen LogP contribution is -2.14. The van der Waals surface area contributed by atoms with Crippen molar-refractivity contribution in [2.75, 3.05) is 48.6 Å². The molecule has 0 fully saturated rings. The Morgan fingerprint density at radius 3 is 1.82 bits per heavy atom. The fourth-order valence-electron chi connectivity index (χ4n) is 2.68. The average Bonchev–Trinajstić information content (AvgIpc) is 2.69. The number of anilines is 5. The minimum atomic E-state index is -0.246. The highest BCUT2D eigenvalue weighted by molar-refractivity contribution is 6.03. The van der Waals surface area contributed by atoms with Gasteiger partial charge in [0.25, 0.3) is 5.91 Å². The highest BCUT2D eigenvalue weighted by Gasteiger charge is 2.09. The molecule has 1 aromatic heterocycles. The molecular formula is C22H25N5O. The van der Waals surface area contributed by atoms with Crippen molar-refractivity contribution in [3.05, 3.63) is 72.6 Å². The number of benzene rings is 2. The maximum absolute atomic E-state index is 12.5. The molecule has 0 bridgehead atoms. The molecule has 144 valence electrons. The Balaban J connectivity index is 1.68. The van der Waals surface area contributed by atoms with E-state index >= 15 is 0 Å². The van der Waals surface area contributed by atoms with Crippen LogP contribution in [-0.4, -0.2) is 39.1 Å². The molecule has 2 aromatic carbocycles. The lowest BCUT2D eigenvalue weighted by atomic mass is 10.2. The number of carbonyl (C=O) groups excluding carboxylic acids is 1. The third-order valence-electron chi connectivity index (χ3n) is 4.31. The summed E-state index contributed by atoms with van der Waals surface area (Å²) < 4.78 is 0. The summed E-state index contributed by atoms with van der Waals surface area (Å²) in [7, 11) is 7.96. The summed E-state index contributed by atoms with van der Waals surface area (Å²) >= 11 is 0. The van der Waals surface area contributed by atoms with Crippen LogP contribution in [0.1, 0.15) is 10.5 Å². The van der Waals surface area contributed by atoms with Crippen molar-refractivity contribution in [3.63, 3.8) is 0 Å². The van der Waals surface area contributed by atoms with Gasteiger partial charge in [0.15, 0.2) is 0 Å². The SMILES string of the molecule is CN(C)c1ccc(NC(=O)c2cc(Nc3ccc(N(C)C)cc3)ccn2)cc1. The molecule has 0 saturated heterocycles. The highest BCUT2D eigenvalue weighted by Crippen LogP contribution is 2.21. The number of nitrogens with zero attached hydrogens (tertiary/aromatic N) is 3. The molecule has 0 aliphatic rings. The number of amides is 1. The average molecular weight is 375 g/mol. The minimum Gasteiger partial charge on any atom is -0.378 e. The van der Waals surface area contributed by atoms with Crippen molar-refractivity contribution in [1.29, 1.82) is 0 Å². The lowest BCUT2D eigenvalue weighted by Gasteiger charge is -2.14. The van der Waals surface area contributed by atoms with E-state index in [1.807, 2.05) is 92.6 Å². The first-order chi connectivity index (χ1) is 13.4. The topological polar surface area (TPSA) is 60.5 Å². The molecule has 0 aliphatic heterocycles. The number of hydrogen-bond acceptors (Lipinski definition) is 5. The second kappa shape index (κ2) is 8.43. The van der Waals surface area contributed by atoms with E-state index in [0.717, 1.165) is 28.4 Å². The molecule has 3 rings (SSSR count). The molecule has 6 heteroatoms. The van der Waals surface area contributed by atoms with E-state index in [2.05, 4.69) is 15.6 Å². The standard InChI is InChI=1S/C22H25N5O/c1-26(2)19-9-5-16(6-10-19)24-18-13-14-23-21(15-18)22(28)25-17-7-11-20(12-8-17)27(3)4/h5-15H,1-4H3,(H,23,24)(H,25,28). The van der Waals surface area contributed by atoms with E-state index in [1.165, 1.54) is 0 Å². The molecule has 0 atom stereocenters. The van der Waals surface area contributed by atoms with Crippen molar-refractivity contribution >= 4 is 34.3 Å². The van der Waals surface area contributed by atoms with Gasteiger partial charge >= 0.3 is 0 Å². The smallest absolute Gasteiger partial charge is 0.274 e. The van der Waals surface area contributed by atoms with Crippen LogP contribution >= 0.6 is 0 Å². The monoisotopic (exact) mass is 375 g/mol. The van der Waals surface area contributed by atoms with Crippen molar-refractivity contribution in [1.82, 2.24) is 4.98 Å². The van der Waals surface area contributed by atoms with E-state index in [9.17, 15) is 4.79 Å². The van der Waals surface area contributed by atoms with E-state index in [-0.39, 0.29) is 5.91 Å². The van der Waals surface area contributed by atoms with Crippen molar-refractivity contribution in [3.8, 4) is 0 Å². The van der Waals surface area contributed by atoms with Crippen LogP contribution in [0.25, 0.3) is 0 Å². The fourth-order valence-corrected chi connectivity index (χ4v) is 2.68. The molecule has 1 heterocycles. The van der Waals surface area contributed by atoms with E-state index in [1.54, 1.807) is 12.3 Å². The predicted octanol–water partition coefficient (Wildman–Crippen LogP) is 4.21. The Labute approximate surface area is 165 Å². The third-order valence-corrected chi connectivity index (χ3v) is 4.31. The Hall–Kier alpha value is -3.54.